The Morgan fingerprint density at radius 1 is 1.19 bits per heavy atom. The Balaban J connectivity index is 1.96. The Labute approximate surface area is 97.3 Å². The quantitative estimate of drug-likeness (QED) is 0.848. The molecule has 1 aromatic rings. The first-order chi connectivity index (χ1) is 7.39. The van der Waals surface area contributed by atoms with Crippen LogP contribution in [0, 0.1) is 0 Å². The molecule has 1 saturated carbocycles. The molecule has 1 fully saturated rings. The van der Waals surface area contributed by atoms with Gasteiger partial charge in [0.25, 0.3) is 0 Å². The summed E-state index contributed by atoms with van der Waals surface area (Å²) in [5, 5.41) is 9.65. The lowest BCUT2D eigenvalue weighted by Gasteiger charge is -2.19. The van der Waals surface area contributed by atoms with E-state index in [-0.39, 0.29) is 5.41 Å². The minimum Gasteiger partial charge on any atom is -0.491 e. The molecule has 1 aliphatic carbocycles. The molecule has 0 unspecified atom stereocenters. The van der Waals surface area contributed by atoms with E-state index in [1.54, 1.807) is 0 Å². The van der Waals surface area contributed by atoms with Gasteiger partial charge in [-0.15, -0.1) is 0 Å². The summed E-state index contributed by atoms with van der Waals surface area (Å²) < 4.78 is 5.55. The second-order valence-corrected chi connectivity index (χ2v) is 5.79. The molecule has 0 spiro atoms. The van der Waals surface area contributed by atoms with Gasteiger partial charge in [-0.1, -0.05) is 32.9 Å². The van der Waals surface area contributed by atoms with Crippen LogP contribution in [0.15, 0.2) is 24.3 Å². The molecular formula is C14H20O2. The van der Waals surface area contributed by atoms with Crippen LogP contribution in [0.4, 0.5) is 0 Å². The number of benzene rings is 1. The summed E-state index contributed by atoms with van der Waals surface area (Å²) in [4.78, 5) is 0. The van der Waals surface area contributed by atoms with Gasteiger partial charge in [-0.05, 0) is 36.0 Å². The van der Waals surface area contributed by atoms with E-state index in [1.165, 1.54) is 5.56 Å². The maximum atomic E-state index is 9.65. The molecule has 0 aliphatic heterocycles. The summed E-state index contributed by atoms with van der Waals surface area (Å²) >= 11 is 0. The smallest absolute Gasteiger partial charge is 0.119 e. The van der Waals surface area contributed by atoms with E-state index in [1.807, 2.05) is 12.1 Å². The third-order valence-electron chi connectivity index (χ3n) is 3.06. The zero-order valence-electron chi connectivity index (χ0n) is 10.3. The Kier molecular flexibility index (Phi) is 2.70. The van der Waals surface area contributed by atoms with E-state index in [9.17, 15) is 5.11 Å². The van der Waals surface area contributed by atoms with E-state index in [0.29, 0.717) is 6.61 Å². The van der Waals surface area contributed by atoms with E-state index in [4.69, 9.17) is 4.74 Å². The first-order valence-corrected chi connectivity index (χ1v) is 5.85. The van der Waals surface area contributed by atoms with Crippen molar-refractivity contribution in [2.45, 2.75) is 44.6 Å². The molecule has 1 aromatic carbocycles. The minimum atomic E-state index is -0.539. The van der Waals surface area contributed by atoms with Crippen LogP contribution < -0.4 is 4.74 Å². The molecule has 2 nitrogen and oxygen atoms in total. The lowest BCUT2D eigenvalue weighted by Crippen LogP contribution is -2.18. The number of aliphatic hydroxyl groups is 1. The summed E-state index contributed by atoms with van der Waals surface area (Å²) in [6, 6.07) is 8.14. The number of ether oxygens (including phenoxy) is 1. The molecule has 88 valence electrons. The Bertz CT molecular complexity index is 355. The highest BCUT2D eigenvalue weighted by molar-refractivity contribution is 5.31. The third-order valence-corrected chi connectivity index (χ3v) is 3.06. The molecule has 0 atom stereocenters. The summed E-state index contributed by atoms with van der Waals surface area (Å²) in [5.74, 6) is 0.841. The van der Waals surface area contributed by atoms with Crippen molar-refractivity contribution in [3.05, 3.63) is 29.8 Å². The van der Waals surface area contributed by atoms with Crippen LogP contribution in [-0.2, 0) is 5.41 Å². The predicted molar refractivity (Wildman–Crippen MR) is 64.8 cm³/mol. The van der Waals surface area contributed by atoms with Crippen molar-refractivity contribution < 1.29 is 9.84 Å². The molecule has 0 bridgehead atoms. The summed E-state index contributed by atoms with van der Waals surface area (Å²) in [6.07, 6.45) is 1.74. The first-order valence-electron chi connectivity index (χ1n) is 5.85. The topological polar surface area (TPSA) is 29.5 Å². The molecule has 0 aromatic heterocycles. The van der Waals surface area contributed by atoms with Crippen molar-refractivity contribution in [3.8, 4) is 5.75 Å². The van der Waals surface area contributed by atoms with Gasteiger partial charge in [-0.2, -0.15) is 0 Å². The molecule has 0 amide bonds. The molecule has 0 heterocycles. The van der Waals surface area contributed by atoms with Crippen molar-refractivity contribution in [1.82, 2.24) is 0 Å². The Morgan fingerprint density at radius 3 is 2.19 bits per heavy atom. The van der Waals surface area contributed by atoms with Crippen LogP contribution in [-0.4, -0.2) is 17.3 Å². The van der Waals surface area contributed by atoms with Crippen molar-refractivity contribution in [2.75, 3.05) is 6.61 Å². The molecule has 2 rings (SSSR count). The zero-order valence-corrected chi connectivity index (χ0v) is 10.3. The van der Waals surface area contributed by atoms with Gasteiger partial charge < -0.3 is 9.84 Å². The van der Waals surface area contributed by atoms with Crippen LogP contribution in [0.2, 0.25) is 0 Å². The molecule has 2 heteroatoms. The third kappa shape index (κ3) is 2.76. The number of hydrogen-bond donors (Lipinski definition) is 1. The molecule has 16 heavy (non-hydrogen) atoms. The molecule has 0 saturated heterocycles. The van der Waals surface area contributed by atoms with Crippen molar-refractivity contribution >= 4 is 0 Å². The average molecular weight is 220 g/mol. The fraction of sp³-hybridized carbons (Fsp3) is 0.571. The molecular weight excluding hydrogens is 200 g/mol. The lowest BCUT2D eigenvalue weighted by molar-refractivity contribution is 0.0856. The maximum absolute atomic E-state index is 9.65. The monoisotopic (exact) mass is 220 g/mol. The van der Waals surface area contributed by atoms with Gasteiger partial charge in [0, 0.05) is 0 Å². The molecule has 0 radical (unpaired) electrons. The lowest BCUT2D eigenvalue weighted by atomic mass is 9.87. The largest absolute Gasteiger partial charge is 0.491 e. The van der Waals surface area contributed by atoms with Crippen molar-refractivity contribution in [2.24, 2.45) is 0 Å². The summed E-state index contributed by atoms with van der Waals surface area (Å²) in [7, 11) is 0. The fourth-order valence-electron chi connectivity index (χ4n) is 1.56. The van der Waals surface area contributed by atoms with E-state index in [2.05, 4.69) is 32.9 Å². The standard InChI is InChI=1S/C14H20O2/c1-13(2,3)11-4-6-12(7-5-11)16-10-14(15)8-9-14/h4-7,15H,8-10H2,1-3H3. The van der Waals surface area contributed by atoms with Gasteiger partial charge in [-0.25, -0.2) is 0 Å². The zero-order chi connectivity index (χ0) is 11.8. The minimum absolute atomic E-state index is 0.174. The number of hydrogen-bond acceptors (Lipinski definition) is 2. The van der Waals surface area contributed by atoms with E-state index < -0.39 is 5.60 Å². The van der Waals surface area contributed by atoms with Crippen LogP contribution in [0.5, 0.6) is 5.75 Å². The first kappa shape index (κ1) is 11.5. The second-order valence-electron chi connectivity index (χ2n) is 5.79. The molecule has 1 N–H and O–H groups in total. The predicted octanol–water partition coefficient (Wildman–Crippen LogP) is 2.89. The fourth-order valence-corrected chi connectivity index (χ4v) is 1.56. The van der Waals surface area contributed by atoms with Crippen LogP contribution in [0.3, 0.4) is 0 Å². The van der Waals surface area contributed by atoms with Gasteiger partial charge >= 0.3 is 0 Å². The van der Waals surface area contributed by atoms with Crippen molar-refractivity contribution in [3.63, 3.8) is 0 Å². The van der Waals surface area contributed by atoms with Gasteiger partial charge in [0.15, 0.2) is 0 Å². The average Bonchev–Trinajstić information content (AvgIpc) is 2.94. The van der Waals surface area contributed by atoms with E-state index in [0.717, 1.165) is 18.6 Å². The second kappa shape index (κ2) is 3.77. The number of rotatable bonds is 3. The summed E-state index contributed by atoms with van der Waals surface area (Å²) in [6.45, 7) is 6.99. The highest BCUT2D eigenvalue weighted by Crippen LogP contribution is 2.35. The van der Waals surface area contributed by atoms with Gasteiger partial charge in [0.2, 0.25) is 0 Å². The van der Waals surface area contributed by atoms with E-state index >= 15 is 0 Å². The Hall–Kier alpha value is -1.02. The maximum Gasteiger partial charge on any atom is 0.119 e. The van der Waals surface area contributed by atoms with Gasteiger partial charge in [0.05, 0.1) is 5.60 Å². The van der Waals surface area contributed by atoms with Crippen LogP contribution >= 0.6 is 0 Å². The Morgan fingerprint density at radius 2 is 1.75 bits per heavy atom. The summed E-state index contributed by atoms with van der Waals surface area (Å²) in [5.41, 5.74) is 0.931. The van der Waals surface area contributed by atoms with Crippen molar-refractivity contribution in [1.29, 1.82) is 0 Å². The van der Waals surface area contributed by atoms with Crippen LogP contribution in [0.25, 0.3) is 0 Å². The molecule has 1 aliphatic rings. The van der Waals surface area contributed by atoms with Gasteiger partial charge in [0.1, 0.15) is 12.4 Å². The normalized spacial score (nSPS) is 18.2. The van der Waals surface area contributed by atoms with Crippen LogP contribution in [0.1, 0.15) is 39.2 Å². The SMILES string of the molecule is CC(C)(C)c1ccc(OCC2(O)CC2)cc1. The van der Waals surface area contributed by atoms with Gasteiger partial charge in [-0.3, -0.25) is 0 Å². The highest BCUT2D eigenvalue weighted by Gasteiger charge is 2.41. The highest BCUT2D eigenvalue weighted by atomic mass is 16.5.